The van der Waals surface area contributed by atoms with Gasteiger partial charge < -0.3 is 4.90 Å². The first kappa shape index (κ1) is 34.0. The normalized spacial score (nSPS) is 11.4. The fourth-order valence-corrected chi connectivity index (χ4v) is 9.93. The fraction of sp³-hybridized carbons (Fsp3) is 0. The van der Waals surface area contributed by atoms with Gasteiger partial charge in [0.2, 0.25) is 0 Å². The van der Waals surface area contributed by atoms with Gasteiger partial charge in [0.1, 0.15) is 0 Å². The quantitative estimate of drug-likeness (QED) is 0.146. The molecule has 0 atom stereocenters. The van der Waals surface area contributed by atoms with Crippen molar-refractivity contribution in [3.05, 3.63) is 224 Å². The van der Waals surface area contributed by atoms with Gasteiger partial charge in [0.25, 0.3) is 0 Å². The minimum atomic E-state index is 1.10. The Morgan fingerprint density at radius 2 is 0.724 bits per heavy atom. The van der Waals surface area contributed by atoms with Crippen molar-refractivity contribution in [3.8, 4) is 44.5 Å². The predicted molar refractivity (Wildman–Crippen MR) is 251 cm³/mol. The molecule has 11 rings (SSSR count). The highest BCUT2D eigenvalue weighted by Crippen LogP contribution is 2.43. The van der Waals surface area contributed by atoms with E-state index in [1.54, 1.807) is 0 Å². The van der Waals surface area contributed by atoms with Crippen LogP contribution in [0.4, 0.5) is 17.1 Å². The summed E-state index contributed by atoms with van der Waals surface area (Å²) in [6, 6.07) is 81.8. The maximum Gasteiger partial charge on any atom is 0.0462 e. The van der Waals surface area contributed by atoms with E-state index in [-0.39, 0.29) is 0 Å². The molecule has 272 valence electrons. The Kier molecular flexibility index (Phi) is 8.42. The van der Waals surface area contributed by atoms with Gasteiger partial charge in [0.05, 0.1) is 0 Å². The van der Waals surface area contributed by atoms with Crippen LogP contribution in [0.5, 0.6) is 0 Å². The van der Waals surface area contributed by atoms with Gasteiger partial charge in [-0.3, -0.25) is 0 Å². The van der Waals surface area contributed by atoms with Gasteiger partial charge in [0, 0.05) is 37.2 Å². The van der Waals surface area contributed by atoms with Crippen molar-refractivity contribution in [1.29, 1.82) is 0 Å². The molecule has 11 aromatic rings. The fourth-order valence-electron chi connectivity index (χ4n) is 8.69. The van der Waals surface area contributed by atoms with E-state index in [4.69, 9.17) is 0 Å². The molecule has 58 heavy (non-hydrogen) atoms. The molecule has 0 unspecified atom stereocenters. The van der Waals surface area contributed by atoms with Gasteiger partial charge in [0.15, 0.2) is 0 Å². The smallest absolute Gasteiger partial charge is 0.0462 e. The second kappa shape index (κ2) is 14.4. The van der Waals surface area contributed by atoms with Gasteiger partial charge in [-0.2, -0.15) is 0 Å². The number of benzene rings is 10. The first-order valence-electron chi connectivity index (χ1n) is 19.8. The van der Waals surface area contributed by atoms with Crippen molar-refractivity contribution >= 4 is 70.1 Å². The number of rotatable bonds is 7. The van der Waals surface area contributed by atoms with Crippen molar-refractivity contribution in [2.45, 2.75) is 0 Å². The van der Waals surface area contributed by atoms with Crippen LogP contribution >= 0.6 is 11.3 Å². The summed E-state index contributed by atoms with van der Waals surface area (Å²) in [5.74, 6) is 0. The Morgan fingerprint density at radius 3 is 1.38 bits per heavy atom. The average molecular weight is 756 g/mol. The van der Waals surface area contributed by atoms with Crippen molar-refractivity contribution in [3.63, 3.8) is 0 Å². The predicted octanol–water partition coefficient (Wildman–Crippen LogP) is 16.5. The maximum atomic E-state index is 2.37. The highest BCUT2D eigenvalue weighted by molar-refractivity contribution is 7.26. The molecule has 0 aliphatic rings. The van der Waals surface area contributed by atoms with Crippen LogP contribution < -0.4 is 4.90 Å². The number of anilines is 3. The van der Waals surface area contributed by atoms with Crippen molar-refractivity contribution in [1.82, 2.24) is 0 Å². The van der Waals surface area contributed by atoms with Crippen LogP contribution in [0.2, 0.25) is 0 Å². The largest absolute Gasteiger partial charge is 0.311 e. The second-order valence-corrected chi connectivity index (χ2v) is 15.9. The summed E-state index contributed by atoms with van der Waals surface area (Å²) in [6.07, 6.45) is 0. The molecule has 0 aliphatic heterocycles. The average Bonchev–Trinajstić information content (AvgIpc) is 3.69. The van der Waals surface area contributed by atoms with E-state index >= 15 is 0 Å². The molecule has 0 saturated heterocycles. The minimum Gasteiger partial charge on any atom is -0.311 e. The number of hydrogen-bond donors (Lipinski definition) is 0. The molecule has 1 aromatic heterocycles. The lowest BCUT2D eigenvalue weighted by molar-refractivity contribution is 1.28. The topological polar surface area (TPSA) is 3.24 Å². The summed E-state index contributed by atoms with van der Waals surface area (Å²) in [4.78, 5) is 2.37. The highest BCUT2D eigenvalue weighted by atomic mass is 32.1. The lowest BCUT2D eigenvalue weighted by Crippen LogP contribution is -2.09. The van der Waals surface area contributed by atoms with E-state index in [0.717, 1.165) is 17.1 Å². The molecule has 0 saturated carbocycles. The third-order valence-electron chi connectivity index (χ3n) is 11.5. The standard InChI is InChI=1S/C56H37NS/c1-2-13-38(14-3-1)46-16-6-7-17-47(46)39-25-31-43(32-26-39)57(44-33-27-40(28-34-44)49-22-12-23-53-52-21-10-11-24-55(52)58-56(49)53)45-35-29-41(30-36-45)54-37-42-15-4-5-18-48(42)50-19-8-9-20-51(50)54/h1-37H. The molecule has 0 bridgehead atoms. The zero-order valence-corrected chi connectivity index (χ0v) is 32.5. The Morgan fingerprint density at radius 1 is 0.276 bits per heavy atom. The third kappa shape index (κ3) is 5.94. The first-order valence-corrected chi connectivity index (χ1v) is 20.7. The zero-order valence-electron chi connectivity index (χ0n) is 31.7. The molecule has 0 N–H and O–H groups in total. The van der Waals surface area contributed by atoms with E-state index in [0.29, 0.717) is 0 Å². The molecule has 0 radical (unpaired) electrons. The van der Waals surface area contributed by atoms with Crippen LogP contribution in [0.3, 0.4) is 0 Å². The van der Waals surface area contributed by atoms with Gasteiger partial charge >= 0.3 is 0 Å². The van der Waals surface area contributed by atoms with Crippen molar-refractivity contribution < 1.29 is 0 Å². The maximum absolute atomic E-state index is 2.37. The molecule has 2 heteroatoms. The van der Waals surface area contributed by atoms with Crippen LogP contribution in [0.1, 0.15) is 0 Å². The molecule has 1 nitrogen and oxygen atoms in total. The molecule has 0 amide bonds. The van der Waals surface area contributed by atoms with Crippen LogP contribution in [0, 0.1) is 0 Å². The molecule has 0 aliphatic carbocycles. The molecule has 10 aromatic carbocycles. The highest BCUT2D eigenvalue weighted by Gasteiger charge is 2.17. The van der Waals surface area contributed by atoms with Crippen LogP contribution in [0.15, 0.2) is 224 Å². The Bertz CT molecular complexity index is 3250. The SMILES string of the molecule is c1ccc(-c2ccccc2-c2ccc(N(c3ccc(-c4cc5ccccc5c5ccccc45)cc3)c3ccc(-c4cccc5c4sc4ccccc45)cc3)cc2)cc1. The minimum absolute atomic E-state index is 1.10. The summed E-state index contributed by atoms with van der Waals surface area (Å²) < 4.78 is 2.65. The van der Waals surface area contributed by atoms with Crippen LogP contribution in [0.25, 0.3) is 86.2 Å². The summed E-state index contributed by atoms with van der Waals surface area (Å²) in [7, 11) is 0. The first-order chi connectivity index (χ1) is 28.8. The monoisotopic (exact) mass is 755 g/mol. The number of thiophene rings is 1. The molecule has 0 fully saturated rings. The van der Waals surface area contributed by atoms with E-state index in [2.05, 4.69) is 229 Å². The summed E-state index contributed by atoms with van der Waals surface area (Å²) >= 11 is 1.88. The van der Waals surface area contributed by atoms with Gasteiger partial charge in [-0.05, 0) is 115 Å². The van der Waals surface area contributed by atoms with Crippen LogP contribution in [-0.2, 0) is 0 Å². The molecular formula is C56H37NS. The molecule has 0 spiro atoms. The summed E-state index contributed by atoms with van der Waals surface area (Å²) in [5.41, 5.74) is 13.1. The Balaban J connectivity index is 1.01. The Hall–Kier alpha value is -7.26. The van der Waals surface area contributed by atoms with Gasteiger partial charge in [-0.25, -0.2) is 0 Å². The lowest BCUT2D eigenvalue weighted by atomic mass is 9.93. The van der Waals surface area contributed by atoms with E-state index in [1.165, 1.54) is 86.2 Å². The lowest BCUT2D eigenvalue weighted by Gasteiger charge is -2.26. The van der Waals surface area contributed by atoms with E-state index < -0.39 is 0 Å². The summed E-state index contributed by atoms with van der Waals surface area (Å²) in [5, 5.41) is 7.72. The third-order valence-corrected chi connectivity index (χ3v) is 12.7. The van der Waals surface area contributed by atoms with Crippen LogP contribution in [-0.4, -0.2) is 0 Å². The summed E-state index contributed by atoms with van der Waals surface area (Å²) in [6.45, 7) is 0. The number of hydrogen-bond acceptors (Lipinski definition) is 2. The number of nitrogens with zero attached hydrogens (tertiary/aromatic N) is 1. The zero-order chi connectivity index (χ0) is 38.4. The second-order valence-electron chi connectivity index (χ2n) is 14.9. The Labute approximate surface area is 342 Å². The number of fused-ring (bicyclic) bond motifs is 6. The van der Waals surface area contributed by atoms with Crippen molar-refractivity contribution in [2.75, 3.05) is 4.90 Å². The van der Waals surface area contributed by atoms with Gasteiger partial charge in [-0.15, -0.1) is 11.3 Å². The van der Waals surface area contributed by atoms with Gasteiger partial charge in [-0.1, -0.05) is 176 Å². The van der Waals surface area contributed by atoms with E-state index in [9.17, 15) is 0 Å². The van der Waals surface area contributed by atoms with E-state index in [1.807, 2.05) is 11.3 Å². The molecule has 1 heterocycles. The van der Waals surface area contributed by atoms with Crippen molar-refractivity contribution in [2.24, 2.45) is 0 Å². The molecular weight excluding hydrogens is 719 g/mol.